The second-order valence-corrected chi connectivity index (χ2v) is 3.94. The van der Waals surface area contributed by atoms with Gasteiger partial charge in [-0.25, -0.2) is 0 Å². The van der Waals surface area contributed by atoms with Gasteiger partial charge >= 0.3 is 5.97 Å². The molecule has 0 bridgehead atoms. The van der Waals surface area contributed by atoms with Gasteiger partial charge in [-0.1, -0.05) is 30.3 Å². The maximum Gasteiger partial charge on any atom is 0.305 e. The number of carbonyl (C=O) groups excluding carboxylic acids is 1. The van der Waals surface area contributed by atoms with E-state index in [1.807, 2.05) is 30.3 Å². The van der Waals surface area contributed by atoms with Gasteiger partial charge in [0.1, 0.15) is 11.6 Å². The van der Waals surface area contributed by atoms with Gasteiger partial charge in [0.05, 0.1) is 6.42 Å². The molecule has 0 aromatic heterocycles. The van der Waals surface area contributed by atoms with Crippen LogP contribution in [0.4, 0.5) is 0 Å². The molecular weight excluding hydrogens is 258 g/mol. The number of nitrogens with one attached hydrogen (secondary N) is 2. The molecule has 0 saturated heterocycles. The SMILES string of the molecule is N#C/C(=C/NCc1ccccc1)C(=O)NCCC(=O)O. The minimum atomic E-state index is -1.00. The smallest absolute Gasteiger partial charge is 0.305 e. The quantitative estimate of drug-likeness (QED) is 0.503. The lowest BCUT2D eigenvalue weighted by Crippen LogP contribution is -2.27. The first-order valence-electron chi connectivity index (χ1n) is 6.01. The van der Waals surface area contributed by atoms with Crippen molar-refractivity contribution in [3.63, 3.8) is 0 Å². The lowest BCUT2D eigenvalue weighted by molar-refractivity contribution is -0.136. The average Bonchev–Trinajstić information content (AvgIpc) is 2.44. The molecule has 0 fully saturated rings. The third kappa shape index (κ3) is 5.69. The number of hydrogen-bond acceptors (Lipinski definition) is 4. The molecule has 0 aliphatic carbocycles. The third-order valence-corrected chi connectivity index (χ3v) is 2.38. The van der Waals surface area contributed by atoms with Crippen LogP contribution in [-0.4, -0.2) is 23.5 Å². The maximum absolute atomic E-state index is 11.6. The molecule has 0 heterocycles. The molecule has 6 nitrogen and oxygen atoms in total. The highest BCUT2D eigenvalue weighted by Gasteiger charge is 2.08. The minimum Gasteiger partial charge on any atom is -0.481 e. The summed E-state index contributed by atoms with van der Waals surface area (Å²) in [4.78, 5) is 21.9. The Morgan fingerprint density at radius 3 is 2.60 bits per heavy atom. The van der Waals surface area contributed by atoms with Crippen molar-refractivity contribution >= 4 is 11.9 Å². The summed E-state index contributed by atoms with van der Waals surface area (Å²) in [5.74, 6) is -1.59. The highest BCUT2D eigenvalue weighted by atomic mass is 16.4. The van der Waals surface area contributed by atoms with E-state index < -0.39 is 11.9 Å². The Labute approximate surface area is 116 Å². The fraction of sp³-hybridized carbons (Fsp3) is 0.214. The standard InChI is InChI=1S/C14H15N3O3/c15-8-12(14(20)17-7-6-13(18)19)10-16-9-11-4-2-1-3-5-11/h1-5,10,16H,6-7,9H2,(H,17,20)(H,18,19)/b12-10-. The monoisotopic (exact) mass is 273 g/mol. The number of carboxylic acid groups (broad SMARTS) is 1. The summed E-state index contributed by atoms with van der Waals surface area (Å²) < 4.78 is 0. The molecule has 0 unspecified atom stereocenters. The highest BCUT2D eigenvalue weighted by Crippen LogP contribution is 1.98. The van der Waals surface area contributed by atoms with Gasteiger partial charge in [-0.3, -0.25) is 9.59 Å². The van der Waals surface area contributed by atoms with Crippen molar-refractivity contribution < 1.29 is 14.7 Å². The van der Waals surface area contributed by atoms with Crippen LogP contribution in [0.2, 0.25) is 0 Å². The Balaban J connectivity index is 2.44. The van der Waals surface area contributed by atoms with E-state index >= 15 is 0 Å². The summed E-state index contributed by atoms with van der Waals surface area (Å²) in [6, 6.07) is 11.3. The summed E-state index contributed by atoms with van der Waals surface area (Å²) in [7, 11) is 0. The fourth-order valence-corrected chi connectivity index (χ4v) is 1.39. The van der Waals surface area contributed by atoms with Crippen LogP contribution in [0.5, 0.6) is 0 Å². The topological polar surface area (TPSA) is 102 Å². The fourth-order valence-electron chi connectivity index (χ4n) is 1.39. The molecule has 104 valence electrons. The molecule has 1 amide bonds. The molecule has 6 heteroatoms. The van der Waals surface area contributed by atoms with E-state index in [0.29, 0.717) is 6.54 Å². The number of hydrogen-bond donors (Lipinski definition) is 3. The zero-order valence-corrected chi connectivity index (χ0v) is 10.8. The second-order valence-electron chi connectivity index (χ2n) is 3.94. The van der Waals surface area contributed by atoms with Crippen LogP contribution in [0.3, 0.4) is 0 Å². The van der Waals surface area contributed by atoms with Gasteiger partial charge < -0.3 is 15.7 Å². The van der Waals surface area contributed by atoms with E-state index in [9.17, 15) is 9.59 Å². The van der Waals surface area contributed by atoms with Gasteiger partial charge in [0.2, 0.25) is 0 Å². The highest BCUT2D eigenvalue weighted by molar-refractivity contribution is 5.97. The second kappa shape index (κ2) is 8.32. The first-order chi connectivity index (χ1) is 9.63. The molecule has 1 aromatic rings. The Bertz CT molecular complexity index is 532. The van der Waals surface area contributed by atoms with Crippen LogP contribution in [-0.2, 0) is 16.1 Å². The van der Waals surface area contributed by atoms with Crippen molar-refractivity contribution in [1.82, 2.24) is 10.6 Å². The van der Waals surface area contributed by atoms with Crippen molar-refractivity contribution in [2.24, 2.45) is 0 Å². The Morgan fingerprint density at radius 1 is 1.30 bits per heavy atom. The molecule has 0 atom stereocenters. The van der Waals surface area contributed by atoms with Gasteiger partial charge in [-0.2, -0.15) is 5.26 Å². The summed E-state index contributed by atoms with van der Waals surface area (Å²) in [6.07, 6.45) is 1.14. The van der Waals surface area contributed by atoms with Gasteiger partial charge in [-0.05, 0) is 5.56 Å². The number of amides is 1. The molecule has 0 saturated carbocycles. The third-order valence-electron chi connectivity index (χ3n) is 2.38. The van der Waals surface area contributed by atoms with Crippen LogP contribution in [0, 0.1) is 11.3 Å². The summed E-state index contributed by atoms with van der Waals surface area (Å²) in [5, 5.41) is 22.5. The van der Waals surface area contributed by atoms with Crippen LogP contribution in [0.1, 0.15) is 12.0 Å². The molecule has 3 N–H and O–H groups in total. The predicted octanol–water partition coefficient (Wildman–Crippen LogP) is 0.775. The molecular formula is C14H15N3O3. The number of benzene rings is 1. The Hall–Kier alpha value is -2.81. The zero-order valence-electron chi connectivity index (χ0n) is 10.8. The predicted molar refractivity (Wildman–Crippen MR) is 72.2 cm³/mol. The number of nitrogens with zero attached hydrogens (tertiary/aromatic N) is 1. The van der Waals surface area contributed by atoms with E-state index in [2.05, 4.69) is 10.6 Å². The first-order valence-corrected chi connectivity index (χ1v) is 6.01. The number of aliphatic carboxylic acids is 1. The Morgan fingerprint density at radius 2 is 2.00 bits per heavy atom. The van der Waals surface area contributed by atoms with Crippen LogP contribution < -0.4 is 10.6 Å². The molecule has 0 aliphatic rings. The largest absolute Gasteiger partial charge is 0.481 e. The lowest BCUT2D eigenvalue weighted by atomic mass is 10.2. The van der Waals surface area contributed by atoms with Crippen molar-refractivity contribution in [1.29, 1.82) is 5.26 Å². The van der Waals surface area contributed by atoms with Crippen molar-refractivity contribution in [2.75, 3.05) is 6.54 Å². The van der Waals surface area contributed by atoms with E-state index in [1.54, 1.807) is 6.07 Å². The maximum atomic E-state index is 11.6. The summed E-state index contributed by atoms with van der Waals surface area (Å²) in [6.45, 7) is 0.486. The van der Waals surface area contributed by atoms with Crippen molar-refractivity contribution in [2.45, 2.75) is 13.0 Å². The number of carbonyl (C=O) groups is 2. The van der Waals surface area contributed by atoms with Gasteiger partial charge in [0.15, 0.2) is 0 Å². The Kier molecular flexibility index (Phi) is 6.34. The van der Waals surface area contributed by atoms with E-state index in [0.717, 1.165) is 5.56 Å². The minimum absolute atomic E-state index is 0.00806. The van der Waals surface area contributed by atoms with Crippen LogP contribution in [0.25, 0.3) is 0 Å². The van der Waals surface area contributed by atoms with Crippen LogP contribution >= 0.6 is 0 Å². The first kappa shape index (κ1) is 15.2. The number of rotatable bonds is 7. The van der Waals surface area contributed by atoms with E-state index in [1.165, 1.54) is 6.20 Å². The lowest BCUT2D eigenvalue weighted by Gasteiger charge is -2.04. The average molecular weight is 273 g/mol. The van der Waals surface area contributed by atoms with Crippen molar-refractivity contribution in [3.8, 4) is 6.07 Å². The normalized spacial score (nSPS) is 10.4. The van der Waals surface area contributed by atoms with Crippen LogP contribution in [0.15, 0.2) is 42.1 Å². The molecule has 20 heavy (non-hydrogen) atoms. The molecule has 1 aromatic carbocycles. The molecule has 1 rings (SSSR count). The van der Waals surface area contributed by atoms with Gasteiger partial charge in [0.25, 0.3) is 5.91 Å². The van der Waals surface area contributed by atoms with E-state index in [4.69, 9.17) is 10.4 Å². The molecule has 0 aliphatic heterocycles. The number of nitriles is 1. The van der Waals surface area contributed by atoms with Crippen molar-refractivity contribution in [3.05, 3.63) is 47.7 Å². The summed E-state index contributed by atoms with van der Waals surface area (Å²) >= 11 is 0. The number of carboxylic acids is 1. The summed E-state index contributed by atoms with van der Waals surface area (Å²) in [5.41, 5.74) is 0.929. The zero-order chi connectivity index (χ0) is 14.8. The molecule has 0 spiro atoms. The molecule has 0 radical (unpaired) electrons. The van der Waals surface area contributed by atoms with Gasteiger partial charge in [0, 0.05) is 19.3 Å². The van der Waals surface area contributed by atoms with Gasteiger partial charge in [-0.15, -0.1) is 0 Å². The van der Waals surface area contributed by atoms with E-state index in [-0.39, 0.29) is 18.5 Å².